The molecule has 0 saturated heterocycles. The van der Waals surface area contributed by atoms with Gasteiger partial charge in [-0.05, 0) is 12.8 Å². The Hall–Kier alpha value is -0.610. The number of aliphatic hydroxyl groups excluding tert-OH is 1. The molecule has 0 aromatic rings. The highest BCUT2D eigenvalue weighted by atomic mass is 17.1. The molecule has 54 valence electrons. The van der Waals surface area contributed by atoms with E-state index in [0.717, 1.165) is 0 Å². The largest absolute Gasteiger partial charge is 0.396 e. The molecule has 0 aliphatic carbocycles. The quantitative estimate of drug-likeness (QED) is 0.326. The lowest BCUT2D eigenvalue weighted by atomic mass is 10.2. The van der Waals surface area contributed by atoms with Gasteiger partial charge in [0.05, 0.1) is 0 Å². The Morgan fingerprint density at radius 3 is 2.56 bits per heavy atom. The third-order valence-corrected chi connectivity index (χ3v) is 0.891. The van der Waals surface area contributed by atoms with E-state index in [0.29, 0.717) is 12.8 Å². The lowest BCUT2D eigenvalue weighted by molar-refractivity contribution is -0.234. The van der Waals surface area contributed by atoms with Crippen LogP contribution in [0.1, 0.15) is 19.3 Å². The van der Waals surface area contributed by atoms with Crippen molar-refractivity contribution in [2.45, 2.75) is 19.3 Å². The van der Waals surface area contributed by atoms with Crippen molar-refractivity contribution in [3.8, 4) is 0 Å². The number of carbonyl (C=O) groups excluding carboxylic acids is 1. The lowest BCUT2D eigenvalue weighted by Crippen LogP contribution is -2.00. The number of aliphatic hydroxyl groups is 1. The Balaban J connectivity index is 2.97. The molecule has 0 aliphatic heterocycles. The molecule has 0 fully saturated rings. The van der Waals surface area contributed by atoms with Crippen molar-refractivity contribution in [1.82, 2.24) is 0 Å². The van der Waals surface area contributed by atoms with Gasteiger partial charge in [0.15, 0.2) is 0 Å². The van der Waals surface area contributed by atoms with Crippen LogP contribution < -0.4 is 0 Å². The molecule has 0 radical (unpaired) electrons. The van der Waals surface area contributed by atoms with E-state index in [1.807, 2.05) is 0 Å². The van der Waals surface area contributed by atoms with Gasteiger partial charge in [-0.25, -0.2) is 4.79 Å². The van der Waals surface area contributed by atoms with E-state index in [1.54, 1.807) is 0 Å². The molecule has 0 atom stereocenters. The summed E-state index contributed by atoms with van der Waals surface area (Å²) in [6.45, 7) is 0.0682. The maximum atomic E-state index is 10.1. The standard InChI is InChI=1S/C5H10O4/c6-4-2-1-3-5(7)9-8/h6,8H,1-4H2. The highest BCUT2D eigenvalue weighted by molar-refractivity contribution is 5.68. The Kier molecular flexibility index (Phi) is 5.15. The van der Waals surface area contributed by atoms with Gasteiger partial charge >= 0.3 is 5.97 Å². The number of hydrogen-bond donors (Lipinski definition) is 2. The highest BCUT2D eigenvalue weighted by Crippen LogP contribution is 1.94. The Labute approximate surface area is 53.0 Å². The first-order valence-corrected chi connectivity index (χ1v) is 2.76. The number of rotatable bonds is 4. The summed E-state index contributed by atoms with van der Waals surface area (Å²) >= 11 is 0. The lowest BCUT2D eigenvalue weighted by Gasteiger charge is -1.93. The van der Waals surface area contributed by atoms with Crippen LogP contribution in [0.5, 0.6) is 0 Å². The third-order valence-electron chi connectivity index (χ3n) is 0.891. The second kappa shape index (κ2) is 5.53. The predicted octanol–water partition coefficient (Wildman–Crippen LogP) is 0.165. The summed E-state index contributed by atoms with van der Waals surface area (Å²) in [4.78, 5) is 13.5. The molecule has 0 bridgehead atoms. The fourth-order valence-corrected chi connectivity index (χ4v) is 0.427. The minimum absolute atomic E-state index is 0.0682. The molecule has 0 heterocycles. The molecule has 4 nitrogen and oxygen atoms in total. The fraction of sp³-hybridized carbons (Fsp3) is 0.800. The first kappa shape index (κ1) is 8.39. The first-order valence-electron chi connectivity index (χ1n) is 2.76. The Morgan fingerprint density at radius 2 is 2.11 bits per heavy atom. The molecule has 0 unspecified atom stereocenters. The molecule has 2 N–H and O–H groups in total. The Bertz CT molecular complexity index is 81.0. The minimum Gasteiger partial charge on any atom is -0.396 e. The maximum absolute atomic E-state index is 10.1. The van der Waals surface area contributed by atoms with Crippen LogP contribution in [0, 0.1) is 0 Å². The molecule has 0 spiro atoms. The van der Waals surface area contributed by atoms with Crippen LogP contribution in [-0.4, -0.2) is 22.9 Å². The molecular formula is C5H10O4. The van der Waals surface area contributed by atoms with Crippen molar-refractivity contribution in [1.29, 1.82) is 0 Å². The van der Waals surface area contributed by atoms with Crippen molar-refractivity contribution in [2.75, 3.05) is 6.61 Å². The Morgan fingerprint density at radius 1 is 1.44 bits per heavy atom. The van der Waals surface area contributed by atoms with Crippen LogP contribution in [0.25, 0.3) is 0 Å². The van der Waals surface area contributed by atoms with E-state index in [4.69, 9.17) is 10.4 Å². The minimum atomic E-state index is -0.650. The monoisotopic (exact) mass is 134 g/mol. The summed E-state index contributed by atoms with van der Waals surface area (Å²) in [5.74, 6) is -0.650. The summed E-state index contributed by atoms with van der Waals surface area (Å²) in [6.07, 6.45) is 1.28. The van der Waals surface area contributed by atoms with Gasteiger partial charge in [-0.2, -0.15) is 5.26 Å². The van der Waals surface area contributed by atoms with Gasteiger partial charge in [-0.15, -0.1) is 0 Å². The van der Waals surface area contributed by atoms with Gasteiger partial charge in [0.1, 0.15) is 0 Å². The topological polar surface area (TPSA) is 66.8 Å². The highest BCUT2D eigenvalue weighted by Gasteiger charge is 1.99. The van der Waals surface area contributed by atoms with Gasteiger partial charge < -0.3 is 9.99 Å². The summed E-state index contributed by atoms with van der Waals surface area (Å²) in [5, 5.41) is 16.0. The predicted molar refractivity (Wildman–Crippen MR) is 29.7 cm³/mol. The van der Waals surface area contributed by atoms with Crippen molar-refractivity contribution in [3.05, 3.63) is 0 Å². The van der Waals surface area contributed by atoms with Gasteiger partial charge in [-0.3, -0.25) is 0 Å². The third kappa shape index (κ3) is 5.26. The van der Waals surface area contributed by atoms with Gasteiger partial charge in [0.2, 0.25) is 0 Å². The average molecular weight is 134 g/mol. The smallest absolute Gasteiger partial charge is 0.342 e. The van der Waals surface area contributed by atoms with E-state index in [2.05, 4.69) is 4.89 Å². The molecule has 0 amide bonds. The molecular weight excluding hydrogens is 124 g/mol. The molecule has 0 aromatic heterocycles. The first-order chi connectivity index (χ1) is 4.31. The van der Waals surface area contributed by atoms with Crippen LogP contribution >= 0.6 is 0 Å². The van der Waals surface area contributed by atoms with E-state index < -0.39 is 5.97 Å². The van der Waals surface area contributed by atoms with E-state index in [-0.39, 0.29) is 13.0 Å². The van der Waals surface area contributed by atoms with Crippen molar-refractivity contribution >= 4 is 5.97 Å². The van der Waals surface area contributed by atoms with Crippen molar-refractivity contribution in [3.63, 3.8) is 0 Å². The number of carbonyl (C=O) groups is 1. The summed E-state index contributed by atoms with van der Waals surface area (Å²) < 4.78 is 0. The molecule has 0 aromatic carbocycles. The fourth-order valence-electron chi connectivity index (χ4n) is 0.427. The number of unbranched alkanes of at least 4 members (excludes halogenated alkanes) is 1. The molecule has 9 heavy (non-hydrogen) atoms. The molecule has 0 saturated carbocycles. The zero-order valence-corrected chi connectivity index (χ0v) is 5.04. The van der Waals surface area contributed by atoms with E-state index >= 15 is 0 Å². The SMILES string of the molecule is O=C(CCCCO)OO. The van der Waals surface area contributed by atoms with E-state index in [1.165, 1.54) is 0 Å². The van der Waals surface area contributed by atoms with Crippen molar-refractivity contribution in [2.24, 2.45) is 0 Å². The number of hydrogen-bond acceptors (Lipinski definition) is 4. The molecule has 4 heteroatoms. The summed E-state index contributed by atoms with van der Waals surface area (Å²) in [5.41, 5.74) is 0. The zero-order valence-electron chi connectivity index (χ0n) is 5.04. The van der Waals surface area contributed by atoms with Crippen LogP contribution in [-0.2, 0) is 9.68 Å². The van der Waals surface area contributed by atoms with Crippen LogP contribution in [0.3, 0.4) is 0 Å². The zero-order chi connectivity index (χ0) is 7.11. The summed E-state index contributed by atoms with van der Waals surface area (Å²) in [7, 11) is 0. The van der Waals surface area contributed by atoms with E-state index in [9.17, 15) is 4.79 Å². The van der Waals surface area contributed by atoms with Gasteiger partial charge in [-0.1, -0.05) is 0 Å². The van der Waals surface area contributed by atoms with Crippen LogP contribution in [0.4, 0.5) is 0 Å². The molecule has 0 aliphatic rings. The normalized spacial score (nSPS) is 9.11. The second-order valence-electron chi connectivity index (χ2n) is 1.64. The average Bonchev–Trinajstić information content (AvgIpc) is 1.89. The van der Waals surface area contributed by atoms with Gasteiger partial charge in [0, 0.05) is 13.0 Å². The van der Waals surface area contributed by atoms with Gasteiger partial charge in [0.25, 0.3) is 0 Å². The van der Waals surface area contributed by atoms with Crippen molar-refractivity contribution < 1.29 is 20.0 Å². The van der Waals surface area contributed by atoms with Crippen LogP contribution in [0.2, 0.25) is 0 Å². The molecule has 0 rings (SSSR count). The second-order valence-corrected chi connectivity index (χ2v) is 1.64. The van der Waals surface area contributed by atoms with Crippen LogP contribution in [0.15, 0.2) is 0 Å². The maximum Gasteiger partial charge on any atom is 0.342 e. The summed E-state index contributed by atoms with van der Waals surface area (Å²) in [6, 6.07) is 0.